The number of rotatable bonds is 5. The van der Waals surface area contributed by atoms with Gasteiger partial charge in [-0.1, -0.05) is 30.3 Å². The minimum atomic E-state index is -0.234. The number of carbonyl (C=O) groups is 1. The number of benzene rings is 2. The Labute approximate surface area is 172 Å². The molecule has 0 aliphatic carbocycles. The van der Waals surface area contributed by atoms with Gasteiger partial charge in [-0.2, -0.15) is 0 Å². The van der Waals surface area contributed by atoms with Gasteiger partial charge in [-0.25, -0.2) is 4.39 Å². The van der Waals surface area contributed by atoms with Gasteiger partial charge >= 0.3 is 0 Å². The Morgan fingerprint density at radius 2 is 1.69 bits per heavy atom. The molecule has 2 N–H and O–H groups in total. The summed E-state index contributed by atoms with van der Waals surface area (Å²) >= 11 is 0. The highest BCUT2D eigenvalue weighted by atomic mass is 19.1. The summed E-state index contributed by atoms with van der Waals surface area (Å²) in [6.07, 6.45) is 0.813. The van der Waals surface area contributed by atoms with Crippen LogP contribution in [0.4, 0.5) is 4.39 Å². The van der Waals surface area contributed by atoms with Gasteiger partial charge < -0.3 is 15.5 Å². The van der Waals surface area contributed by atoms with Crippen LogP contribution < -0.4 is 5.73 Å². The van der Waals surface area contributed by atoms with Gasteiger partial charge in [-0.15, -0.1) is 0 Å². The van der Waals surface area contributed by atoms with E-state index < -0.39 is 0 Å². The van der Waals surface area contributed by atoms with Crippen LogP contribution >= 0.6 is 0 Å². The zero-order valence-corrected chi connectivity index (χ0v) is 17.3. The third-order valence-electron chi connectivity index (χ3n) is 6.58. The van der Waals surface area contributed by atoms with Gasteiger partial charge in [0, 0.05) is 37.8 Å². The van der Waals surface area contributed by atoms with Gasteiger partial charge in [0.15, 0.2) is 0 Å². The van der Waals surface area contributed by atoms with Gasteiger partial charge in [-0.05, 0) is 67.5 Å². The number of likely N-dealkylation sites (tertiary alicyclic amines) is 2. The van der Waals surface area contributed by atoms with E-state index in [1.165, 1.54) is 12.1 Å². The van der Waals surface area contributed by atoms with Crippen molar-refractivity contribution in [3.05, 3.63) is 70.5 Å². The summed E-state index contributed by atoms with van der Waals surface area (Å²) in [5.41, 5.74) is 10.1. The summed E-state index contributed by atoms with van der Waals surface area (Å²) in [6.45, 7) is 8.64. The average Bonchev–Trinajstić information content (AvgIpc) is 3.24. The zero-order chi connectivity index (χ0) is 20.5. The summed E-state index contributed by atoms with van der Waals surface area (Å²) in [5, 5.41) is 0. The monoisotopic (exact) mass is 395 g/mol. The molecule has 2 aliphatic rings. The Hall–Kier alpha value is -2.24. The number of nitrogens with zero attached hydrogens (tertiary/aromatic N) is 2. The maximum atomic E-state index is 13.4. The van der Waals surface area contributed by atoms with Crippen molar-refractivity contribution in [3.63, 3.8) is 0 Å². The quantitative estimate of drug-likeness (QED) is 0.843. The third-order valence-corrected chi connectivity index (χ3v) is 6.58. The first-order valence-electron chi connectivity index (χ1n) is 10.5. The molecule has 0 bridgehead atoms. The van der Waals surface area contributed by atoms with Crippen LogP contribution in [-0.2, 0) is 0 Å². The Morgan fingerprint density at radius 3 is 2.31 bits per heavy atom. The van der Waals surface area contributed by atoms with E-state index in [0.717, 1.165) is 61.4 Å². The van der Waals surface area contributed by atoms with Crippen molar-refractivity contribution in [1.29, 1.82) is 0 Å². The molecule has 2 saturated heterocycles. The molecule has 3 atom stereocenters. The smallest absolute Gasteiger partial charge is 0.254 e. The Kier molecular flexibility index (Phi) is 5.70. The topological polar surface area (TPSA) is 49.6 Å². The minimum Gasteiger partial charge on any atom is -0.338 e. The zero-order valence-electron chi connectivity index (χ0n) is 17.3. The van der Waals surface area contributed by atoms with Gasteiger partial charge in [0.05, 0.1) is 0 Å². The molecule has 1 amide bonds. The molecule has 2 unspecified atom stereocenters. The maximum absolute atomic E-state index is 13.4. The van der Waals surface area contributed by atoms with Crippen LogP contribution in [0.1, 0.15) is 39.5 Å². The molecule has 29 heavy (non-hydrogen) atoms. The summed E-state index contributed by atoms with van der Waals surface area (Å²) in [7, 11) is 0. The highest BCUT2D eigenvalue weighted by molar-refractivity contribution is 5.97. The van der Waals surface area contributed by atoms with Crippen LogP contribution in [0.5, 0.6) is 0 Å². The van der Waals surface area contributed by atoms with E-state index in [0.29, 0.717) is 11.8 Å². The average molecular weight is 396 g/mol. The number of hydrogen-bond donors (Lipinski definition) is 1. The molecule has 0 spiro atoms. The SMILES string of the molecule is Cc1cccc(C)c1C(=O)N1CC2CN(CC[C@H](N)c3cccc(F)c3)CC2C1. The molecule has 2 aromatic carbocycles. The molecule has 5 heteroatoms. The lowest BCUT2D eigenvalue weighted by Gasteiger charge is -2.24. The summed E-state index contributed by atoms with van der Waals surface area (Å²) in [6, 6.07) is 12.5. The fraction of sp³-hybridized carbons (Fsp3) is 0.458. The van der Waals surface area contributed by atoms with Crippen molar-refractivity contribution >= 4 is 5.91 Å². The number of carbonyl (C=O) groups excluding carboxylic acids is 1. The second kappa shape index (κ2) is 8.25. The fourth-order valence-electron chi connectivity index (χ4n) is 4.97. The molecule has 0 saturated carbocycles. The number of hydrogen-bond acceptors (Lipinski definition) is 3. The highest BCUT2D eigenvalue weighted by Gasteiger charge is 2.41. The molecule has 4 rings (SSSR count). The lowest BCUT2D eigenvalue weighted by atomic mass is 10.0. The summed E-state index contributed by atoms with van der Waals surface area (Å²) < 4.78 is 13.4. The Balaban J connectivity index is 1.30. The lowest BCUT2D eigenvalue weighted by molar-refractivity contribution is 0.0772. The summed E-state index contributed by atoms with van der Waals surface area (Å²) in [5.74, 6) is 1.01. The number of amides is 1. The Morgan fingerprint density at radius 1 is 1.07 bits per heavy atom. The van der Waals surface area contributed by atoms with Crippen molar-refractivity contribution in [1.82, 2.24) is 9.80 Å². The van der Waals surface area contributed by atoms with E-state index in [4.69, 9.17) is 5.73 Å². The molecule has 0 aromatic heterocycles. The van der Waals surface area contributed by atoms with Gasteiger partial charge in [-0.3, -0.25) is 4.79 Å². The van der Waals surface area contributed by atoms with Crippen LogP contribution in [0.2, 0.25) is 0 Å². The van der Waals surface area contributed by atoms with Crippen molar-refractivity contribution in [2.75, 3.05) is 32.7 Å². The molecule has 2 fully saturated rings. The van der Waals surface area contributed by atoms with E-state index in [-0.39, 0.29) is 17.8 Å². The number of halogens is 1. The molecular weight excluding hydrogens is 365 g/mol. The third kappa shape index (κ3) is 4.21. The van der Waals surface area contributed by atoms with Gasteiger partial charge in [0.1, 0.15) is 5.82 Å². The predicted octanol–water partition coefficient (Wildman–Crippen LogP) is 3.54. The van der Waals surface area contributed by atoms with E-state index in [1.807, 2.05) is 43.0 Å². The van der Waals surface area contributed by atoms with Crippen LogP contribution in [0, 0.1) is 31.5 Å². The fourth-order valence-corrected chi connectivity index (χ4v) is 4.97. The van der Waals surface area contributed by atoms with Gasteiger partial charge in [0.25, 0.3) is 5.91 Å². The molecule has 154 valence electrons. The van der Waals surface area contributed by atoms with Crippen LogP contribution in [0.15, 0.2) is 42.5 Å². The van der Waals surface area contributed by atoms with E-state index >= 15 is 0 Å². The molecule has 2 aromatic rings. The molecule has 0 radical (unpaired) electrons. The number of aryl methyl sites for hydroxylation is 2. The first kappa shape index (κ1) is 20.0. The molecule has 2 heterocycles. The minimum absolute atomic E-state index is 0.145. The van der Waals surface area contributed by atoms with E-state index in [9.17, 15) is 9.18 Å². The van der Waals surface area contributed by atoms with Crippen LogP contribution in [0.3, 0.4) is 0 Å². The van der Waals surface area contributed by atoms with Crippen LogP contribution in [0.25, 0.3) is 0 Å². The van der Waals surface area contributed by atoms with Crippen molar-refractivity contribution in [3.8, 4) is 0 Å². The highest BCUT2D eigenvalue weighted by Crippen LogP contribution is 2.33. The Bertz CT molecular complexity index is 865. The van der Waals surface area contributed by atoms with E-state index in [2.05, 4.69) is 4.90 Å². The van der Waals surface area contributed by atoms with Crippen molar-refractivity contribution in [2.24, 2.45) is 17.6 Å². The predicted molar refractivity (Wildman–Crippen MR) is 113 cm³/mol. The molecule has 2 aliphatic heterocycles. The summed E-state index contributed by atoms with van der Waals surface area (Å²) in [4.78, 5) is 17.6. The first-order chi connectivity index (χ1) is 13.9. The number of nitrogens with two attached hydrogens (primary N) is 1. The number of fused-ring (bicyclic) bond motifs is 1. The van der Waals surface area contributed by atoms with Crippen LogP contribution in [-0.4, -0.2) is 48.4 Å². The second-order valence-corrected chi connectivity index (χ2v) is 8.71. The van der Waals surface area contributed by atoms with E-state index in [1.54, 1.807) is 6.07 Å². The lowest BCUT2D eigenvalue weighted by Crippen LogP contribution is -2.34. The second-order valence-electron chi connectivity index (χ2n) is 8.71. The maximum Gasteiger partial charge on any atom is 0.254 e. The largest absolute Gasteiger partial charge is 0.338 e. The first-order valence-corrected chi connectivity index (χ1v) is 10.5. The van der Waals surface area contributed by atoms with Crippen molar-refractivity contribution in [2.45, 2.75) is 26.3 Å². The van der Waals surface area contributed by atoms with Gasteiger partial charge in [0.2, 0.25) is 0 Å². The standard InChI is InChI=1S/C24H30FN3O/c1-16-5-3-6-17(2)23(16)24(29)28-14-19-12-27(13-20(19)15-28)10-9-22(26)18-7-4-8-21(25)11-18/h3-8,11,19-20,22H,9-10,12-15,26H2,1-2H3/t19?,20?,22-/m0/s1. The molecule has 4 nitrogen and oxygen atoms in total. The van der Waals surface area contributed by atoms with Crippen molar-refractivity contribution < 1.29 is 9.18 Å². The molecular formula is C24H30FN3O. The normalized spacial score (nSPS) is 22.7.